The number of nitrogens with zero attached hydrogens (tertiary/aromatic N) is 1. The van der Waals surface area contributed by atoms with Gasteiger partial charge in [0.25, 0.3) is 0 Å². The Hall–Kier alpha value is -1.61. The van der Waals surface area contributed by atoms with Crippen LogP contribution < -0.4 is 5.73 Å². The third kappa shape index (κ3) is 1.54. The second kappa shape index (κ2) is 3.64. The Balaban J connectivity index is 2.44. The fourth-order valence-electron chi connectivity index (χ4n) is 1.35. The van der Waals surface area contributed by atoms with E-state index in [0.717, 1.165) is 17.0 Å². The summed E-state index contributed by atoms with van der Waals surface area (Å²) in [6.07, 6.45) is 1.43. The van der Waals surface area contributed by atoms with Crippen molar-refractivity contribution in [2.75, 3.05) is 0 Å². The Labute approximate surface area is 82.6 Å². The Morgan fingerprint density at radius 3 is 2.64 bits per heavy atom. The van der Waals surface area contributed by atoms with E-state index in [4.69, 9.17) is 10.2 Å². The van der Waals surface area contributed by atoms with Crippen molar-refractivity contribution in [2.24, 2.45) is 5.73 Å². The van der Waals surface area contributed by atoms with Crippen molar-refractivity contribution in [3.8, 4) is 11.3 Å². The topological polar surface area (TPSA) is 52.0 Å². The highest BCUT2D eigenvalue weighted by atomic mass is 16.3. The van der Waals surface area contributed by atoms with E-state index >= 15 is 0 Å². The van der Waals surface area contributed by atoms with E-state index in [2.05, 4.69) is 4.98 Å². The van der Waals surface area contributed by atoms with Gasteiger partial charge in [-0.15, -0.1) is 0 Å². The number of hydrogen-bond acceptors (Lipinski definition) is 3. The summed E-state index contributed by atoms with van der Waals surface area (Å²) >= 11 is 0. The Morgan fingerprint density at radius 1 is 1.29 bits per heavy atom. The average Bonchev–Trinajstić information content (AvgIpc) is 2.67. The number of aryl methyl sites for hydroxylation is 1. The van der Waals surface area contributed by atoms with E-state index in [1.54, 1.807) is 0 Å². The van der Waals surface area contributed by atoms with Gasteiger partial charge in [0.1, 0.15) is 5.69 Å². The van der Waals surface area contributed by atoms with Crippen molar-refractivity contribution in [3.63, 3.8) is 0 Å². The second-order valence-corrected chi connectivity index (χ2v) is 3.20. The zero-order valence-electron chi connectivity index (χ0n) is 8.03. The predicted molar refractivity (Wildman–Crippen MR) is 54.6 cm³/mol. The van der Waals surface area contributed by atoms with Crippen LogP contribution in [0.4, 0.5) is 0 Å². The number of oxazole rings is 1. The molecule has 3 nitrogen and oxygen atoms in total. The molecule has 3 heteroatoms. The third-order valence-corrected chi connectivity index (χ3v) is 2.15. The van der Waals surface area contributed by atoms with Crippen molar-refractivity contribution in [3.05, 3.63) is 41.9 Å². The molecule has 0 radical (unpaired) electrons. The Kier molecular flexibility index (Phi) is 2.33. The van der Waals surface area contributed by atoms with Crippen molar-refractivity contribution >= 4 is 0 Å². The van der Waals surface area contributed by atoms with Crippen molar-refractivity contribution in [2.45, 2.75) is 13.5 Å². The number of rotatable bonds is 2. The fraction of sp³-hybridized carbons (Fsp3) is 0.182. The summed E-state index contributed by atoms with van der Waals surface area (Å²) in [6, 6.07) is 8.10. The van der Waals surface area contributed by atoms with Crippen molar-refractivity contribution < 1.29 is 4.42 Å². The van der Waals surface area contributed by atoms with Crippen LogP contribution in [0.15, 0.2) is 35.1 Å². The van der Waals surface area contributed by atoms with Gasteiger partial charge >= 0.3 is 0 Å². The van der Waals surface area contributed by atoms with E-state index < -0.39 is 0 Å². The summed E-state index contributed by atoms with van der Waals surface area (Å²) in [7, 11) is 0. The molecule has 0 aliphatic heterocycles. The van der Waals surface area contributed by atoms with Gasteiger partial charge in [0.2, 0.25) is 0 Å². The van der Waals surface area contributed by atoms with Gasteiger partial charge in [-0.05, 0) is 6.92 Å². The van der Waals surface area contributed by atoms with Crippen LogP contribution in [0.2, 0.25) is 0 Å². The number of aromatic nitrogens is 1. The standard InChI is InChI=1S/C11H12N2O/c1-8-2-4-9(5-3-8)11-10(6-12)13-7-14-11/h2-5,7H,6,12H2,1H3. The zero-order chi connectivity index (χ0) is 9.97. The van der Waals surface area contributed by atoms with Gasteiger partial charge in [0, 0.05) is 12.1 Å². The Morgan fingerprint density at radius 2 is 2.00 bits per heavy atom. The predicted octanol–water partition coefficient (Wildman–Crippen LogP) is 2.11. The molecule has 0 amide bonds. The highest BCUT2D eigenvalue weighted by Gasteiger charge is 2.08. The summed E-state index contributed by atoms with van der Waals surface area (Å²) < 4.78 is 5.29. The number of hydrogen-bond donors (Lipinski definition) is 1. The first-order chi connectivity index (χ1) is 6.81. The SMILES string of the molecule is Cc1ccc(-c2ocnc2CN)cc1. The summed E-state index contributed by atoms with van der Waals surface area (Å²) in [5, 5.41) is 0. The van der Waals surface area contributed by atoms with Gasteiger partial charge in [-0.25, -0.2) is 4.98 Å². The minimum atomic E-state index is 0.402. The van der Waals surface area contributed by atoms with E-state index in [0.29, 0.717) is 6.54 Å². The van der Waals surface area contributed by atoms with Crippen molar-refractivity contribution in [1.29, 1.82) is 0 Å². The van der Waals surface area contributed by atoms with Crippen molar-refractivity contribution in [1.82, 2.24) is 4.98 Å². The normalized spacial score (nSPS) is 10.4. The van der Waals surface area contributed by atoms with E-state index in [1.165, 1.54) is 12.0 Å². The van der Waals surface area contributed by atoms with Crippen LogP contribution >= 0.6 is 0 Å². The minimum Gasteiger partial charge on any atom is -0.443 e. The number of benzene rings is 1. The van der Waals surface area contributed by atoms with Crippen LogP contribution in [-0.2, 0) is 6.54 Å². The van der Waals surface area contributed by atoms with Gasteiger partial charge in [0.15, 0.2) is 12.2 Å². The molecule has 2 rings (SSSR count). The van der Waals surface area contributed by atoms with Gasteiger partial charge in [-0.1, -0.05) is 29.8 Å². The molecule has 1 heterocycles. The summed E-state index contributed by atoms with van der Waals surface area (Å²) in [4.78, 5) is 4.04. The maximum Gasteiger partial charge on any atom is 0.181 e. The molecule has 1 aromatic carbocycles. The minimum absolute atomic E-state index is 0.402. The van der Waals surface area contributed by atoms with Crippen LogP contribution in [0, 0.1) is 6.92 Å². The van der Waals surface area contributed by atoms with Crippen LogP contribution in [0.5, 0.6) is 0 Å². The molecule has 0 saturated carbocycles. The second-order valence-electron chi connectivity index (χ2n) is 3.20. The van der Waals surface area contributed by atoms with Gasteiger partial charge in [0.05, 0.1) is 0 Å². The molecule has 0 saturated heterocycles. The van der Waals surface area contributed by atoms with E-state index in [1.807, 2.05) is 31.2 Å². The summed E-state index contributed by atoms with van der Waals surface area (Å²) in [5.74, 6) is 0.771. The third-order valence-electron chi connectivity index (χ3n) is 2.15. The first-order valence-electron chi connectivity index (χ1n) is 4.50. The lowest BCUT2D eigenvalue weighted by atomic mass is 10.1. The van der Waals surface area contributed by atoms with Crippen LogP contribution in [-0.4, -0.2) is 4.98 Å². The molecular weight excluding hydrogens is 176 g/mol. The maximum atomic E-state index is 5.54. The molecule has 0 atom stereocenters. The zero-order valence-corrected chi connectivity index (χ0v) is 8.03. The molecule has 0 fully saturated rings. The average molecular weight is 188 g/mol. The first kappa shape index (κ1) is 8.97. The van der Waals surface area contributed by atoms with E-state index in [-0.39, 0.29) is 0 Å². The van der Waals surface area contributed by atoms with Crippen LogP contribution in [0.25, 0.3) is 11.3 Å². The monoisotopic (exact) mass is 188 g/mol. The summed E-state index contributed by atoms with van der Waals surface area (Å²) in [6.45, 7) is 2.45. The largest absolute Gasteiger partial charge is 0.443 e. The molecule has 72 valence electrons. The molecule has 0 unspecified atom stereocenters. The molecule has 0 aliphatic carbocycles. The van der Waals surface area contributed by atoms with Crippen LogP contribution in [0.3, 0.4) is 0 Å². The molecular formula is C11H12N2O. The lowest BCUT2D eigenvalue weighted by Gasteiger charge is -1.99. The summed E-state index contributed by atoms with van der Waals surface area (Å²) in [5.41, 5.74) is 8.59. The quantitative estimate of drug-likeness (QED) is 0.785. The van der Waals surface area contributed by atoms with E-state index in [9.17, 15) is 0 Å². The highest BCUT2D eigenvalue weighted by molar-refractivity contribution is 5.59. The van der Waals surface area contributed by atoms with Gasteiger partial charge in [-0.2, -0.15) is 0 Å². The first-order valence-corrected chi connectivity index (χ1v) is 4.50. The fourth-order valence-corrected chi connectivity index (χ4v) is 1.35. The molecule has 0 bridgehead atoms. The molecule has 0 aliphatic rings. The molecule has 0 spiro atoms. The smallest absolute Gasteiger partial charge is 0.181 e. The molecule has 14 heavy (non-hydrogen) atoms. The lowest BCUT2D eigenvalue weighted by Crippen LogP contribution is -1.97. The number of nitrogens with two attached hydrogens (primary N) is 1. The van der Waals surface area contributed by atoms with Gasteiger partial charge < -0.3 is 10.2 Å². The lowest BCUT2D eigenvalue weighted by molar-refractivity contribution is 0.571. The maximum absolute atomic E-state index is 5.54. The van der Waals surface area contributed by atoms with Crippen LogP contribution in [0.1, 0.15) is 11.3 Å². The molecule has 1 aromatic heterocycles. The highest BCUT2D eigenvalue weighted by Crippen LogP contribution is 2.22. The Bertz CT molecular complexity index is 417. The molecule has 2 aromatic rings. The van der Waals surface area contributed by atoms with Gasteiger partial charge in [-0.3, -0.25) is 0 Å². The molecule has 2 N–H and O–H groups in total.